The maximum Gasteiger partial charge on any atom is 0.225 e. The first kappa shape index (κ1) is 14.7. The summed E-state index contributed by atoms with van der Waals surface area (Å²) < 4.78 is 22.8. The van der Waals surface area contributed by atoms with Crippen molar-refractivity contribution in [2.75, 3.05) is 42.6 Å². The first-order chi connectivity index (χ1) is 10.1. The standard InChI is InChI=1S/C14H22N4O2S/c19-21(20)8-6-17(7-9-21)12-13-10-15-14(16-11-13)18-4-2-1-3-5-18/h10-11H,1-9,12H2. The second-order valence-corrected chi connectivity index (χ2v) is 8.17. The van der Waals surface area contributed by atoms with Crippen molar-refractivity contribution in [1.82, 2.24) is 14.9 Å². The van der Waals surface area contributed by atoms with Gasteiger partial charge in [-0.15, -0.1) is 0 Å². The number of aromatic nitrogens is 2. The van der Waals surface area contributed by atoms with Gasteiger partial charge in [0.15, 0.2) is 9.84 Å². The highest BCUT2D eigenvalue weighted by Crippen LogP contribution is 2.16. The molecule has 0 atom stereocenters. The van der Waals surface area contributed by atoms with Crippen LogP contribution in [0.3, 0.4) is 0 Å². The molecule has 0 radical (unpaired) electrons. The third-order valence-electron chi connectivity index (χ3n) is 4.17. The SMILES string of the molecule is O=S1(=O)CCN(Cc2cnc(N3CCCCC3)nc2)CC1. The minimum Gasteiger partial charge on any atom is -0.341 e. The van der Waals surface area contributed by atoms with E-state index in [-0.39, 0.29) is 11.5 Å². The van der Waals surface area contributed by atoms with Crippen LogP contribution in [-0.4, -0.2) is 61.0 Å². The zero-order chi connectivity index (χ0) is 14.7. The van der Waals surface area contributed by atoms with Crippen LogP contribution < -0.4 is 4.90 Å². The number of anilines is 1. The summed E-state index contributed by atoms with van der Waals surface area (Å²) in [5.41, 5.74) is 1.05. The molecule has 21 heavy (non-hydrogen) atoms. The maximum absolute atomic E-state index is 11.4. The van der Waals surface area contributed by atoms with E-state index >= 15 is 0 Å². The van der Waals surface area contributed by atoms with Crippen LogP contribution >= 0.6 is 0 Å². The molecule has 0 unspecified atom stereocenters. The van der Waals surface area contributed by atoms with E-state index in [2.05, 4.69) is 19.8 Å². The van der Waals surface area contributed by atoms with Crippen LogP contribution in [0.25, 0.3) is 0 Å². The fraction of sp³-hybridized carbons (Fsp3) is 0.714. The van der Waals surface area contributed by atoms with E-state index < -0.39 is 9.84 Å². The van der Waals surface area contributed by atoms with Gasteiger partial charge in [-0.25, -0.2) is 18.4 Å². The molecule has 3 rings (SSSR count). The van der Waals surface area contributed by atoms with Crippen molar-refractivity contribution in [3.05, 3.63) is 18.0 Å². The zero-order valence-corrected chi connectivity index (χ0v) is 13.1. The lowest BCUT2D eigenvalue weighted by Crippen LogP contribution is -2.39. The summed E-state index contributed by atoms with van der Waals surface area (Å²) in [4.78, 5) is 13.3. The van der Waals surface area contributed by atoms with E-state index in [9.17, 15) is 8.42 Å². The van der Waals surface area contributed by atoms with Crippen molar-refractivity contribution >= 4 is 15.8 Å². The zero-order valence-electron chi connectivity index (χ0n) is 12.2. The van der Waals surface area contributed by atoms with Gasteiger partial charge in [0, 0.05) is 50.7 Å². The molecule has 0 N–H and O–H groups in total. The summed E-state index contributed by atoms with van der Waals surface area (Å²) >= 11 is 0. The molecule has 6 nitrogen and oxygen atoms in total. The second-order valence-electron chi connectivity index (χ2n) is 5.87. The molecule has 0 spiro atoms. The third kappa shape index (κ3) is 3.91. The van der Waals surface area contributed by atoms with Crippen molar-refractivity contribution in [2.45, 2.75) is 25.8 Å². The van der Waals surface area contributed by atoms with E-state index in [1.165, 1.54) is 19.3 Å². The molecule has 2 fully saturated rings. The van der Waals surface area contributed by atoms with Gasteiger partial charge < -0.3 is 4.90 Å². The lowest BCUT2D eigenvalue weighted by Gasteiger charge is -2.27. The van der Waals surface area contributed by atoms with Crippen LogP contribution in [0.4, 0.5) is 5.95 Å². The van der Waals surface area contributed by atoms with E-state index in [1.54, 1.807) is 0 Å². The number of hydrogen-bond donors (Lipinski definition) is 0. The van der Waals surface area contributed by atoms with Crippen LogP contribution in [0.5, 0.6) is 0 Å². The summed E-state index contributed by atoms with van der Waals surface area (Å²) in [6.45, 7) is 4.04. The monoisotopic (exact) mass is 310 g/mol. The fourth-order valence-electron chi connectivity index (χ4n) is 2.85. The molecule has 7 heteroatoms. The van der Waals surface area contributed by atoms with Crippen LogP contribution in [0.2, 0.25) is 0 Å². The van der Waals surface area contributed by atoms with Gasteiger partial charge >= 0.3 is 0 Å². The Hall–Kier alpha value is -1.21. The van der Waals surface area contributed by atoms with Gasteiger partial charge in [0.05, 0.1) is 11.5 Å². The Balaban J connectivity index is 1.57. The summed E-state index contributed by atoms with van der Waals surface area (Å²) in [7, 11) is -2.81. The summed E-state index contributed by atoms with van der Waals surface area (Å²) in [6, 6.07) is 0. The highest BCUT2D eigenvalue weighted by atomic mass is 32.2. The minimum absolute atomic E-state index is 0.264. The van der Waals surface area contributed by atoms with Gasteiger partial charge in [-0.05, 0) is 19.3 Å². The Kier molecular flexibility index (Phi) is 4.40. The molecule has 0 saturated carbocycles. The Morgan fingerprint density at radius 3 is 2.19 bits per heavy atom. The average molecular weight is 310 g/mol. The summed E-state index contributed by atoms with van der Waals surface area (Å²) in [5, 5.41) is 0. The Bertz CT molecular complexity index is 553. The molecule has 1 aromatic rings. The van der Waals surface area contributed by atoms with Gasteiger partial charge in [0.2, 0.25) is 5.95 Å². The second kappa shape index (κ2) is 6.27. The lowest BCUT2D eigenvalue weighted by molar-refractivity contribution is 0.287. The van der Waals surface area contributed by atoms with Gasteiger partial charge in [0.1, 0.15) is 0 Å². The van der Waals surface area contributed by atoms with Crippen LogP contribution in [-0.2, 0) is 16.4 Å². The molecular weight excluding hydrogens is 288 g/mol. The van der Waals surface area contributed by atoms with Crippen LogP contribution in [0.15, 0.2) is 12.4 Å². The molecule has 0 amide bonds. The number of nitrogens with zero attached hydrogens (tertiary/aromatic N) is 4. The van der Waals surface area contributed by atoms with E-state index in [4.69, 9.17) is 0 Å². The molecule has 2 aliphatic heterocycles. The molecule has 0 bridgehead atoms. The van der Waals surface area contributed by atoms with Gasteiger partial charge in [-0.1, -0.05) is 0 Å². The number of hydrogen-bond acceptors (Lipinski definition) is 6. The topological polar surface area (TPSA) is 66.4 Å². The Labute approximate surface area is 126 Å². The van der Waals surface area contributed by atoms with E-state index in [0.717, 1.165) is 31.1 Å². The quantitative estimate of drug-likeness (QED) is 0.819. The predicted octanol–water partition coefficient (Wildman–Crippen LogP) is 0.697. The van der Waals surface area contributed by atoms with E-state index in [1.807, 2.05) is 12.4 Å². The summed E-state index contributed by atoms with van der Waals surface area (Å²) in [5.74, 6) is 1.35. The van der Waals surface area contributed by atoms with Gasteiger partial charge in [-0.2, -0.15) is 0 Å². The smallest absolute Gasteiger partial charge is 0.225 e. The Morgan fingerprint density at radius 2 is 1.57 bits per heavy atom. The molecule has 2 aliphatic rings. The van der Waals surface area contributed by atoms with Crippen molar-refractivity contribution in [3.8, 4) is 0 Å². The molecule has 0 aliphatic carbocycles. The van der Waals surface area contributed by atoms with Gasteiger partial charge in [-0.3, -0.25) is 4.90 Å². The average Bonchev–Trinajstić information content (AvgIpc) is 2.51. The lowest BCUT2D eigenvalue weighted by atomic mass is 10.1. The predicted molar refractivity (Wildman–Crippen MR) is 82.0 cm³/mol. The Morgan fingerprint density at radius 1 is 0.952 bits per heavy atom. The minimum atomic E-state index is -2.81. The fourth-order valence-corrected chi connectivity index (χ4v) is 4.13. The maximum atomic E-state index is 11.4. The molecular formula is C14H22N4O2S. The summed E-state index contributed by atoms with van der Waals surface area (Å²) in [6.07, 6.45) is 7.48. The molecule has 2 saturated heterocycles. The van der Waals surface area contributed by atoms with Crippen LogP contribution in [0, 0.1) is 0 Å². The van der Waals surface area contributed by atoms with E-state index in [0.29, 0.717) is 13.1 Å². The van der Waals surface area contributed by atoms with Gasteiger partial charge in [0.25, 0.3) is 0 Å². The first-order valence-corrected chi connectivity index (χ1v) is 9.43. The van der Waals surface area contributed by atoms with Crippen molar-refractivity contribution in [1.29, 1.82) is 0 Å². The normalized spacial score (nSPS) is 23.1. The number of piperidine rings is 1. The number of rotatable bonds is 3. The third-order valence-corrected chi connectivity index (χ3v) is 5.78. The molecule has 116 valence electrons. The molecule has 0 aromatic carbocycles. The molecule has 1 aromatic heterocycles. The van der Waals surface area contributed by atoms with Crippen molar-refractivity contribution < 1.29 is 8.42 Å². The van der Waals surface area contributed by atoms with Crippen molar-refractivity contribution in [2.24, 2.45) is 0 Å². The molecule has 3 heterocycles. The largest absolute Gasteiger partial charge is 0.341 e. The number of sulfone groups is 1. The highest BCUT2D eigenvalue weighted by Gasteiger charge is 2.21. The highest BCUT2D eigenvalue weighted by molar-refractivity contribution is 7.91. The van der Waals surface area contributed by atoms with Crippen LogP contribution in [0.1, 0.15) is 24.8 Å². The van der Waals surface area contributed by atoms with Crippen molar-refractivity contribution in [3.63, 3.8) is 0 Å². The first-order valence-electron chi connectivity index (χ1n) is 7.61.